The molecule has 0 bridgehead atoms. The van der Waals surface area contributed by atoms with Crippen molar-refractivity contribution in [1.29, 1.82) is 0 Å². The molecule has 2 aromatic carbocycles. The van der Waals surface area contributed by atoms with Gasteiger partial charge in [-0.1, -0.05) is 17.7 Å². The van der Waals surface area contributed by atoms with Crippen molar-refractivity contribution >= 4 is 39.0 Å². The molecule has 0 atom stereocenters. The smallest absolute Gasteiger partial charge is 0.246 e. The SMILES string of the molecule is COc1ccc(NC(=O)Cn2nc(SC)c(S(=O)(=O)c3ccc(C)cc3)c2N)cc1. The van der Waals surface area contributed by atoms with Crippen LogP contribution >= 0.6 is 11.8 Å². The Morgan fingerprint density at radius 2 is 1.80 bits per heavy atom. The van der Waals surface area contributed by atoms with Crippen LogP contribution in [-0.2, 0) is 21.2 Å². The van der Waals surface area contributed by atoms with Crippen LogP contribution in [0.2, 0.25) is 0 Å². The fourth-order valence-electron chi connectivity index (χ4n) is 2.79. The summed E-state index contributed by atoms with van der Waals surface area (Å²) in [7, 11) is -2.33. The number of methoxy groups -OCH3 is 1. The first-order valence-corrected chi connectivity index (χ1v) is 11.6. The van der Waals surface area contributed by atoms with E-state index in [2.05, 4.69) is 10.4 Å². The number of nitrogens with two attached hydrogens (primary N) is 1. The maximum absolute atomic E-state index is 13.1. The Bertz CT molecular complexity index is 1150. The number of nitrogens with one attached hydrogen (secondary N) is 1. The van der Waals surface area contributed by atoms with Gasteiger partial charge in [-0.25, -0.2) is 13.1 Å². The molecule has 10 heteroatoms. The van der Waals surface area contributed by atoms with Gasteiger partial charge in [0.25, 0.3) is 0 Å². The second-order valence-corrected chi connectivity index (χ2v) is 9.16. The molecule has 0 aliphatic carbocycles. The molecular formula is C20H22N4O4S2. The van der Waals surface area contributed by atoms with Crippen molar-refractivity contribution in [2.75, 3.05) is 24.4 Å². The molecule has 0 saturated carbocycles. The van der Waals surface area contributed by atoms with Gasteiger partial charge in [0.1, 0.15) is 28.0 Å². The number of nitrogen functional groups attached to an aromatic ring is 1. The lowest BCUT2D eigenvalue weighted by atomic mass is 10.2. The van der Waals surface area contributed by atoms with Gasteiger partial charge in [-0.3, -0.25) is 4.79 Å². The van der Waals surface area contributed by atoms with Crippen LogP contribution in [0.25, 0.3) is 0 Å². The third kappa shape index (κ3) is 4.44. The summed E-state index contributed by atoms with van der Waals surface area (Å²) in [5.41, 5.74) is 7.64. The zero-order valence-corrected chi connectivity index (χ0v) is 18.4. The Kier molecular flexibility index (Phi) is 6.37. The summed E-state index contributed by atoms with van der Waals surface area (Å²) in [4.78, 5) is 12.5. The highest BCUT2D eigenvalue weighted by molar-refractivity contribution is 7.99. The number of ether oxygens (including phenoxy) is 1. The highest BCUT2D eigenvalue weighted by Gasteiger charge is 2.29. The van der Waals surface area contributed by atoms with Crippen molar-refractivity contribution in [3.8, 4) is 5.75 Å². The summed E-state index contributed by atoms with van der Waals surface area (Å²) < 4.78 is 32.6. The standard InChI is InChI=1S/C20H22N4O4S2/c1-13-4-10-16(11-5-13)30(26,27)18-19(21)24(23-20(18)29-3)12-17(25)22-14-6-8-15(28-2)9-7-14/h4-11H,12,21H2,1-3H3,(H,22,25). The maximum atomic E-state index is 13.1. The van der Waals surface area contributed by atoms with Gasteiger partial charge < -0.3 is 15.8 Å². The van der Waals surface area contributed by atoms with Gasteiger partial charge in [0.05, 0.1) is 12.0 Å². The third-order valence-electron chi connectivity index (χ3n) is 4.38. The summed E-state index contributed by atoms with van der Waals surface area (Å²) in [5.74, 6) is 0.200. The van der Waals surface area contributed by atoms with Crippen LogP contribution in [0.3, 0.4) is 0 Å². The summed E-state index contributed by atoms with van der Waals surface area (Å²) >= 11 is 1.15. The van der Waals surface area contributed by atoms with Crippen molar-refractivity contribution in [2.24, 2.45) is 0 Å². The van der Waals surface area contributed by atoms with Crippen molar-refractivity contribution < 1.29 is 17.9 Å². The van der Waals surface area contributed by atoms with Crippen molar-refractivity contribution in [2.45, 2.75) is 28.3 Å². The highest BCUT2D eigenvalue weighted by Crippen LogP contribution is 2.34. The first-order valence-electron chi connectivity index (χ1n) is 8.92. The Morgan fingerprint density at radius 3 is 2.37 bits per heavy atom. The maximum Gasteiger partial charge on any atom is 0.246 e. The zero-order valence-electron chi connectivity index (χ0n) is 16.7. The Morgan fingerprint density at radius 1 is 1.17 bits per heavy atom. The van der Waals surface area contributed by atoms with Gasteiger partial charge in [0.2, 0.25) is 15.7 Å². The van der Waals surface area contributed by atoms with Gasteiger partial charge in [0, 0.05) is 5.69 Å². The predicted octanol–water partition coefficient (Wildman–Crippen LogP) is 2.98. The molecule has 1 aromatic heterocycles. The van der Waals surface area contributed by atoms with Crippen LogP contribution in [0.15, 0.2) is 63.3 Å². The number of aryl methyl sites for hydroxylation is 1. The van der Waals surface area contributed by atoms with Gasteiger partial charge >= 0.3 is 0 Å². The van der Waals surface area contributed by atoms with Crippen LogP contribution in [0.5, 0.6) is 5.75 Å². The average Bonchev–Trinajstić information content (AvgIpc) is 3.04. The quantitative estimate of drug-likeness (QED) is 0.536. The van der Waals surface area contributed by atoms with Crippen LogP contribution in [0.4, 0.5) is 11.5 Å². The molecular weight excluding hydrogens is 424 g/mol. The normalized spacial score (nSPS) is 11.3. The predicted molar refractivity (Wildman–Crippen MR) is 117 cm³/mol. The molecule has 1 amide bonds. The van der Waals surface area contributed by atoms with Gasteiger partial charge in [0.15, 0.2) is 0 Å². The Labute approximate surface area is 179 Å². The number of carbonyl (C=O) groups is 1. The molecule has 0 spiro atoms. The molecule has 3 rings (SSSR count). The van der Waals surface area contributed by atoms with E-state index in [1.54, 1.807) is 49.8 Å². The van der Waals surface area contributed by atoms with E-state index in [1.165, 1.54) is 16.8 Å². The minimum atomic E-state index is -3.89. The number of rotatable bonds is 7. The Balaban J connectivity index is 1.87. The van der Waals surface area contributed by atoms with E-state index >= 15 is 0 Å². The molecule has 158 valence electrons. The van der Waals surface area contributed by atoms with E-state index in [0.29, 0.717) is 11.4 Å². The van der Waals surface area contributed by atoms with E-state index in [0.717, 1.165) is 17.3 Å². The molecule has 0 fully saturated rings. The number of hydrogen-bond acceptors (Lipinski definition) is 7. The summed E-state index contributed by atoms with van der Waals surface area (Å²) in [6.45, 7) is 1.65. The molecule has 0 unspecified atom stereocenters. The van der Waals surface area contributed by atoms with Gasteiger partial charge in [-0.05, 0) is 49.6 Å². The number of anilines is 2. The minimum Gasteiger partial charge on any atom is -0.497 e. The van der Waals surface area contributed by atoms with Gasteiger partial charge in [-0.2, -0.15) is 5.10 Å². The lowest BCUT2D eigenvalue weighted by Crippen LogP contribution is -2.21. The first kappa shape index (κ1) is 21.7. The van der Waals surface area contributed by atoms with E-state index in [9.17, 15) is 13.2 Å². The lowest BCUT2D eigenvalue weighted by molar-refractivity contribution is -0.116. The molecule has 8 nitrogen and oxygen atoms in total. The molecule has 3 N–H and O–H groups in total. The Hall–Kier alpha value is -2.98. The molecule has 0 saturated heterocycles. The van der Waals surface area contributed by atoms with Crippen molar-refractivity contribution in [3.63, 3.8) is 0 Å². The molecule has 0 radical (unpaired) electrons. The van der Waals surface area contributed by atoms with Crippen LogP contribution in [0, 0.1) is 6.92 Å². The second-order valence-electron chi connectivity index (χ2n) is 6.47. The number of benzene rings is 2. The minimum absolute atomic E-state index is 0.0789. The molecule has 0 aliphatic rings. The number of aromatic nitrogens is 2. The number of hydrogen-bond donors (Lipinski definition) is 2. The van der Waals surface area contributed by atoms with Crippen LogP contribution < -0.4 is 15.8 Å². The third-order valence-corrected chi connectivity index (χ3v) is 7.01. The highest BCUT2D eigenvalue weighted by atomic mass is 32.2. The number of thioether (sulfide) groups is 1. The molecule has 30 heavy (non-hydrogen) atoms. The molecule has 0 aliphatic heterocycles. The number of carbonyl (C=O) groups excluding carboxylic acids is 1. The molecule has 3 aromatic rings. The van der Waals surface area contributed by atoms with Crippen LogP contribution in [-0.4, -0.2) is 37.5 Å². The summed E-state index contributed by atoms with van der Waals surface area (Å²) in [5, 5.41) is 7.21. The number of nitrogens with zero attached hydrogens (tertiary/aromatic N) is 2. The second kappa shape index (κ2) is 8.80. The summed E-state index contributed by atoms with van der Waals surface area (Å²) in [6, 6.07) is 13.3. The van der Waals surface area contributed by atoms with E-state index in [1.807, 2.05) is 6.92 Å². The monoisotopic (exact) mass is 446 g/mol. The lowest BCUT2D eigenvalue weighted by Gasteiger charge is -2.08. The summed E-state index contributed by atoms with van der Waals surface area (Å²) in [6.07, 6.45) is 1.71. The van der Waals surface area contributed by atoms with E-state index in [4.69, 9.17) is 10.5 Å². The molecule has 1 heterocycles. The first-order chi connectivity index (χ1) is 14.3. The van der Waals surface area contributed by atoms with Crippen molar-refractivity contribution in [1.82, 2.24) is 9.78 Å². The average molecular weight is 447 g/mol. The van der Waals surface area contributed by atoms with E-state index in [-0.39, 0.29) is 33.1 Å². The largest absolute Gasteiger partial charge is 0.497 e. The topological polar surface area (TPSA) is 116 Å². The fraction of sp³-hybridized carbons (Fsp3) is 0.200. The number of sulfone groups is 1. The zero-order chi connectivity index (χ0) is 21.9. The fourth-order valence-corrected chi connectivity index (χ4v) is 5.22. The number of amides is 1. The van der Waals surface area contributed by atoms with Crippen LogP contribution in [0.1, 0.15) is 5.56 Å². The van der Waals surface area contributed by atoms with E-state index < -0.39 is 9.84 Å². The van der Waals surface area contributed by atoms with Crippen molar-refractivity contribution in [3.05, 3.63) is 54.1 Å². The van der Waals surface area contributed by atoms with Gasteiger partial charge in [-0.15, -0.1) is 11.8 Å².